The van der Waals surface area contributed by atoms with Crippen LogP contribution in [0.25, 0.3) is 11.2 Å². The van der Waals surface area contributed by atoms with Gasteiger partial charge in [0.25, 0.3) is 6.43 Å². The number of hydrogen-bond acceptors (Lipinski definition) is 7. The van der Waals surface area contributed by atoms with Gasteiger partial charge >= 0.3 is 6.18 Å². The van der Waals surface area contributed by atoms with E-state index in [1.54, 1.807) is 6.20 Å². The molecule has 0 bridgehead atoms. The van der Waals surface area contributed by atoms with Gasteiger partial charge in [-0.05, 0) is 24.7 Å². The largest absolute Gasteiger partial charge is 0.434 e. The van der Waals surface area contributed by atoms with Crippen molar-refractivity contribution in [3.63, 3.8) is 0 Å². The fraction of sp³-hybridized carbons (Fsp3) is 0.526. The van der Waals surface area contributed by atoms with Crippen LogP contribution in [0.3, 0.4) is 0 Å². The predicted molar refractivity (Wildman–Crippen MR) is 104 cm³/mol. The van der Waals surface area contributed by atoms with Gasteiger partial charge < -0.3 is 10.2 Å². The number of aromatic nitrogens is 6. The Morgan fingerprint density at radius 1 is 1.00 bits per heavy atom. The number of halogens is 5. The second-order valence-electron chi connectivity index (χ2n) is 8.18. The lowest BCUT2D eigenvalue weighted by molar-refractivity contribution is -0.141. The van der Waals surface area contributed by atoms with E-state index in [0.717, 1.165) is 23.7 Å². The number of nitrogens with zero attached hydrogens (tertiary/aromatic N) is 7. The Kier molecular flexibility index (Phi) is 5.05. The molecule has 3 aromatic rings. The number of anilines is 2. The van der Waals surface area contributed by atoms with Crippen LogP contribution in [0.2, 0.25) is 0 Å². The van der Waals surface area contributed by atoms with Crippen LogP contribution in [0.4, 0.5) is 33.6 Å². The molecule has 1 saturated heterocycles. The first kappa shape index (κ1) is 20.8. The van der Waals surface area contributed by atoms with Gasteiger partial charge in [0.2, 0.25) is 0 Å². The molecular weight excluding hydrogens is 435 g/mol. The highest BCUT2D eigenvalue weighted by Gasteiger charge is 2.42. The fourth-order valence-electron chi connectivity index (χ4n) is 4.63. The maximum absolute atomic E-state index is 12.7. The van der Waals surface area contributed by atoms with Gasteiger partial charge in [-0.3, -0.25) is 0 Å². The SMILES string of the molecule is FC(F)Cn1ncc2ncc(NC3CC4CN(c5cnc(C(F)(F)F)cn5)CC4C3)nc21. The van der Waals surface area contributed by atoms with Crippen LogP contribution in [0, 0.1) is 11.8 Å². The van der Waals surface area contributed by atoms with Gasteiger partial charge in [-0.2, -0.15) is 18.3 Å². The Morgan fingerprint density at radius 2 is 1.75 bits per heavy atom. The molecule has 8 nitrogen and oxygen atoms in total. The molecule has 1 saturated carbocycles. The first-order valence-electron chi connectivity index (χ1n) is 10.1. The monoisotopic (exact) mass is 454 g/mol. The van der Waals surface area contributed by atoms with Crippen molar-refractivity contribution in [3.05, 3.63) is 30.5 Å². The maximum Gasteiger partial charge on any atom is 0.434 e. The lowest BCUT2D eigenvalue weighted by Crippen LogP contribution is -2.26. The van der Waals surface area contributed by atoms with E-state index in [4.69, 9.17) is 0 Å². The Morgan fingerprint density at radius 3 is 2.38 bits per heavy atom. The summed E-state index contributed by atoms with van der Waals surface area (Å²) in [7, 11) is 0. The molecule has 2 aliphatic rings. The molecule has 0 aromatic carbocycles. The highest BCUT2D eigenvalue weighted by Crippen LogP contribution is 2.40. The van der Waals surface area contributed by atoms with E-state index in [1.165, 1.54) is 12.4 Å². The quantitative estimate of drug-likeness (QED) is 0.593. The third kappa shape index (κ3) is 4.02. The van der Waals surface area contributed by atoms with Crippen molar-refractivity contribution in [1.82, 2.24) is 29.7 Å². The topological polar surface area (TPSA) is 84.7 Å². The minimum atomic E-state index is -4.50. The fourth-order valence-corrected chi connectivity index (χ4v) is 4.63. The van der Waals surface area contributed by atoms with E-state index in [2.05, 4.69) is 30.4 Å². The van der Waals surface area contributed by atoms with Crippen LogP contribution in [0.5, 0.6) is 0 Å². The molecule has 2 fully saturated rings. The van der Waals surface area contributed by atoms with Gasteiger partial charge in [-0.25, -0.2) is 33.4 Å². The maximum atomic E-state index is 12.7. The summed E-state index contributed by atoms with van der Waals surface area (Å²) in [6.45, 7) is 0.835. The molecule has 1 aliphatic carbocycles. The van der Waals surface area contributed by atoms with Crippen LogP contribution >= 0.6 is 0 Å². The van der Waals surface area contributed by atoms with E-state index in [-0.39, 0.29) is 6.04 Å². The molecule has 170 valence electrons. The van der Waals surface area contributed by atoms with Crippen LogP contribution in [0.15, 0.2) is 24.8 Å². The molecule has 0 spiro atoms. The minimum absolute atomic E-state index is 0.143. The second-order valence-corrected chi connectivity index (χ2v) is 8.18. The van der Waals surface area contributed by atoms with Crippen molar-refractivity contribution in [1.29, 1.82) is 0 Å². The third-order valence-corrected chi connectivity index (χ3v) is 6.01. The summed E-state index contributed by atoms with van der Waals surface area (Å²) < 4.78 is 64.6. The van der Waals surface area contributed by atoms with Crippen molar-refractivity contribution in [2.24, 2.45) is 11.8 Å². The van der Waals surface area contributed by atoms with Crippen LogP contribution in [-0.2, 0) is 12.7 Å². The summed E-state index contributed by atoms with van der Waals surface area (Å²) in [4.78, 5) is 18.1. The molecule has 2 unspecified atom stereocenters. The van der Waals surface area contributed by atoms with Crippen molar-refractivity contribution < 1.29 is 22.0 Å². The zero-order chi connectivity index (χ0) is 22.5. The van der Waals surface area contributed by atoms with Crippen molar-refractivity contribution >= 4 is 22.8 Å². The number of alkyl halides is 5. The Hall–Kier alpha value is -3.12. The van der Waals surface area contributed by atoms with Gasteiger partial charge in [-0.1, -0.05) is 0 Å². The van der Waals surface area contributed by atoms with Crippen molar-refractivity contribution in [2.75, 3.05) is 23.3 Å². The first-order chi connectivity index (χ1) is 15.3. The number of rotatable bonds is 5. The lowest BCUT2D eigenvalue weighted by atomic mass is 10.0. The smallest absolute Gasteiger partial charge is 0.366 e. The minimum Gasteiger partial charge on any atom is -0.366 e. The Bertz CT molecular complexity index is 1090. The summed E-state index contributed by atoms with van der Waals surface area (Å²) in [5.41, 5.74) is -0.244. The van der Waals surface area contributed by atoms with Gasteiger partial charge in [0.15, 0.2) is 11.3 Å². The van der Waals surface area contributed by atoms with Crippen LogP contribution < -0.4 is 10.2 Å². The molecular formula is C19H19F5N8. The highest BCUT2D eigenvalue weighted by atomic mass is 19.4. The van der Waals surface area contributed by atoms with Crippen LogP contribution in [-0.4, -0.2) is 55.3 Å². The molecule has 3 aromatic heterocycles. The third-order valence-electron chi connectivity index (χ3n) is 6.01. The van der Waals surface area contributed by atoms with E-state index < -0.39 is 24.8 Å². The summed E-state index contributed by atoms with van der Waals surface area (Å²) in [5.74, 6) is 1.67. The molecule has 2 atom stereocenters. The number of nitrogens with one attached hydrogen (secondary N) is 1. The van der Waals surface area contributed by atoms with Crippen molar-refractivity contribution in [3.8, 4) is 0 Å². The van der Waals surface area contributed by atoms with Crippen LogP contribution in [0.1, 0.15) is 18.5 Å². The average molecular weight is 454 g/mol. The molecule has 13 heteroatoms. The second kappa shape index (κ2) is 7.78. The molecule has 1 aliphatic heterocycles. The van der Waals surface area contributed by atoms with Gasteiger partial charge in [-0.15, -0.1) is 0 Å². The lowest BCUT2D eigenvalue weighted by Gasteiger charge is -2.21. The van der Waals surface area contributed by atoms with Gasteiger partial charge in [0, 0.05) is 19.1 Å². The number of hydrogen-bond donors (Lipinski definition) is 1. The predicted octanol–water partition coefficient (Wildman–Crippen LogP) is 3.23. The number of fused-ring (bicyclic) bond motifs is 2. The highest BCUT2D eigenvalue weighted by molar-refractivity contribution is 5.71. The average Bonchev–Trinajstić information content (AvgIpc) is 3.41. The van der Waals surface area contributed by atoms with E-state index in [1.807, 2.05) is 4.90 Å². The molecule has 1 N–H and O–H groups in total. The van der Waals surface area contributed by atoms with E-state index in [9.17, 15) is 22.0 Å². The summed E-state index contributed by atoms with van der Waals surface area (Å²) >= 11 is 0. The Balaban J connectivity index is 1.21. The van der Waals surface area contributed by atoms with Gasteiger partial charge in [0.1, 0.15) is 23.7 Å². The summed E-state index contributed by atoms with van der Waals surface area (Å²) in [6, 6.07) is 0.143. The zero-order valence-corrected chi connectivity index (χ0v) is 16.7. The van der Waals surface area contributed by atoms with Crippen molar-refractivity contribution in [2.45, 2.75) is 38.0 Å². The standard InChI is InChI=1S/C19H19F5N8/c20-15(21)9-32-18-13(3-28-32)25-5-16(30-18)29-12-1-10-7-31(8-11(10)2-12)17-6-26-14(4-27-17)19(22,23)24/h3-6,10-12,15H,1-2,7-9H2,(H,29,30). The van der Waals surface area contributed by atoms with E-state index in [0.29, 0.717) is 47.7 Å². The summed E-state index contributed by atoms with van der Waals surface area (Å²) in [5, 5.41) is 7.25. The van der Waals surface area contributed by atoms with Gasteiger partial charge in [0.05, 0.1) is 24.8 Å². The normalized spacial score (nSPS) is 23.3. The first-order valence-corrected chi connectivity index (χ1v) is 10.1. The summed E-state index contributed by atoms with van der Waals surface area (Å²) in [6.07, 6.45) is -0.426. The Labute approximate surface area is 178 Å². The van der Waals surface area contributed by atoms with E-state index >= 15 is 0 Å². The molecule has 32 heavy (non-hydrogen) atoms. The molecule has 0 radical (unpaired) electrons. The molecule has 4 heterocycles. The zero-order valence-electron chi connectivity index (χ0n) is 16.7. The molecule has 5 rings (SSSR count). The molecule has 0 amide bonds.